The van der Waals surface area contributed by atoms with E-state index in [1.807, 2.05) is 6.07 Å². The SMILES string of the molecule is CC(C)(C)C1=[C-]CC=C1.C[C](C)=[Zr+2].[Cl-].[Cl-].[c-]1cccc2c1Cc1ccccc1-2. The fourth-order valence-electron chi connectivity index (χ4n) is 2.92. The van der Waals surface area contributed by atoms with Crippen LogP contribution in [-0.2, 0) is 30.7 Å². The Morgan fingerprint density at radius 1 is 0.964 bits per heavy atom. The van der Waals surface area contributed by atoms with Crippen LogP contribution in [0, 0.1) is 17.6 Å². The van der Waals surface area contributed by atoms with Gasteiger partial charge in [-0.25, -0.2) is 11.6 Å². The molecule has 0 spiro atoms. The Labute approximate surface area is 198 Å². The molecule has 0 saturated heterocycles. The van der Waals surface area contributed by atoms with Crippen LogP contribution in [0.2, 0.25) is 0 Å². The molecule has 148 valence electrons. The predicted octanol–water partition coefficient (Wildman–Crippen LogP) is 0.533. The Balaban J connectivity index is 0.000000432. The van der Waals surface area contributed by atoms with Gasteiger partial charge in [-0.05, 0) is 11.8 Å². The Hall–Kier alpha value is -0.747. The van der Waals surface area contributed by atoms with Crippen LogP contribution < -0.4 is 24.8 Å². The van der Waals surface area contributed by atoms with E-state index in [9.17, 15) is 0 Å². The summed E-state index contributed by atoms with van der Waals surface area (Å²) in [4.78, 5) is 0. The standard InChI is InChI=1S/C13H9.C9H13.C3H6.2ClH.Zr/c1-3-7-12-10(5-1)9-11-6-2-4-8-13(11)12;1-9(2,3)8-6-4-5-7-8;1-3-2;;;/h1-5,7-8H,9H2;4,6H,5H2,1-3H3;1-2H3;2*1H;/q2*-1;;;;+2/p-2. The van der Waals surface area contributed by atoms with Crippen LogP contribution in [0.1, 0.15) is 52.2 Å². The maximum atomic E-state index is 3.30. The smallest absolute Gasteiger partial charge is 0.0253 e. The van der Waals surface area contributed by atoms with Gasteiger partial charge in [0.25, 0.3) is 0 Å². The zero-order chi connectivity index (χ0) is 19.2. The average Bonchev–Trinajstić information content (AvgIpc) is 3.22. The summed E-state index contributed by atoms with van der Waals surface area (Å²) in [6, 6.07) is 18.1. The van der Waals surface area contributed by atoms with Crippen molar-refractivity contribution in [1.82, 2.24) is 0 Å². The summed E-state index contributed by atoms with van der Waals surface area (Å²) >= 11 is 1.55. The van der Waals surface area contributed by atoms with Crippen LogP contribution in [0.4, 0.5) is 0 Å². The van der Waals surface area contributed by atoms with E-state index < -0.39 is 0 Å². The molecule has 0 fully saturated rings. The van der Waals surface area contributed by atoms with Crippen molar-refractivity contribution in [2.24, 2.45) is 5.41 Å². The van der Waals surface area contributed by atoms with Crippen molar-refractivity contribution in [3.05, 3.63) is 83.5 Å². The Bertz CT molecular complexity index is 779. The molecule has 0 N–H and O–H groups in total. The number of hydrogen-bond acceptors (Lipinski definition) is 0. The second-order valence-electron chi connectivity index (χ2n) is 7.84. The van der Waals surface area contributed by atoms with Crippen LogP contribution in [0.15, 0.2) is 60.2 Å². The van der Waals surface area contributed by atoms with Gasteiger partial charge in [-0.2, -0.15) is 35.9 Å². The minimum absolute atomic E-state index is 0. The van der Waals surface area contributed by atoms with E-state index in [0.717, 1.165) is 12.8 Å². The first-order chi connectivity index (χ1) is 12.3. The zero-order valence-electron chi connectivity index (χ0n) is 17.4. The van der Waals surface area contributed by atoms with Crippen molar-refractivity contribution in [3.8, 4) is 11.1 Å². The Morgan fingerprint density at radius 3 is 2.11 bits per heavy atom. The van der Waals surface area contributed by atoms with Crippen molar-refractivity contribution in [3.63, 3.8) is 0 Å². The summed E-state index contributed by atoms with van der Waals surface area (Å²) in [6.07, 6.45) is 9.68. The number of fused-ring (bicyclic) bond motifs is 3. The van der Waals surface area contributed by atoms with E-state index in [1.54, 1.807) is 24.2 Å². The van der Waals surface area contributed by atoms with Gasteiger partial charge in [0.15, 0.2) is 0 Å². The molecule has 28 heavy (non-hydrogen) atoms. The van der Waals surface area contributed by atoms with Crippen molar-refractivity contribution < 1.29 is 49.0 Å². The van der Waals surface area contributed by atoms with Crippen LogP contribution in [-0.4, -0.2) is 3.21 Å². The zero-order valence-corrected chi connectivity index (χ0v) is 21.3. The van der Waals surface area contributed by atoms with Gasteiger partial charge in [-0.3, -0.25) is 6.08 Å². The van der Waals surface area contributed by atoms with Gasteiger partial charge < -0.3 is 24.8 Å². The van der Waals surface area contributed by atoms with Crippen LogP contribution >= 0.6 is 0 Å². The van der Waals surface area contributed by atoms with Crippen LogP contribution in [0.25, 0.3) is 11.1 Å². The molecular formula is C25H28Cl2Zr-2. The second kappa shape index (κ2) is 12.7. The van der Waals surface area contributed by atoms with Crippen molar-refractivity contribution in [2.45, 2.75) is 47.5 Å². The number of rotatable bonds is 0. The van der Waals surface area contributed by atoms with E-state index in [-0.39, 0.29) is 24.8 Å². The largest absolute Gasteiger partial charge is 1.00 e. The molecule has 0 heterocycles. The summed E-state index contributed by atoms with van der Waals surface area (Å²) < 4.78 is 1.51. The number of allylic oxidation sites excluding steroid dienone is 4. The third kappa shape index (κ3) is 8.32. The first-order valence-corrected chi connectivity index (χ1v) is 10.4. The fourth-order valence-corrected chi connectivity index (χ4v) is 2.92. The van der Waals surface area contributed by atoms with Gasteiger partial charge in [0, 0.05) is 0 Å². The molecule has 0 bridgehead atoms. The molecule has 0 saturated carbocycles. The van der Waals surface area contributed by atoms with E-state index in [1.165, 1.54) is 31.0 Å². The topological polar surface area (TPSA) is 0 Å². The maximum absolute atomic E-state index is 3.30. The molecule has 0 nitrogen and oxygen atoms in total. The molecule has 0 aliphatic heterocycles. The molecule has 0 amide bonds. The molecule has 4 rings (SSSR count). The summed E-state index contributed by atoms with van der Waals surface area (Å²) in [7, 11) is 0. The molecule has 2 aromatic carbocycles. The van der Waals surface area contributed by atoms with E-state index >= 15 is 0 Å². The van der Waals surface area contributed by atoms with Gasteiger partial charge in [0.1, 0.15) is 0 Å². The van der Waals surface area contributed by atoms with Gasteiger partial charge in [0.05, 0.1) is 0 Å². The third-order valence-corrected chi connectivity index (χ3v) is 4.12. The minimum atomic E-state index is 0. The monoisotopic (exact) mass is 488 g/mol. The molecule has 0 radical (unpaired) electrons. The van der Waals surface area contributed by atoms with Gasteiger partial charge >= 0.3 is 41.3 Å². The van der Waals surface area contributed by atoms with E-state index in [2.05, 4.69) is 95.3 Å². The maximum Gasteiger partial charge on any atom is -0.0253 e. The van der Waals surface area contributed by atoms with Crippen LogP contribution in [0.5, 0.6) is 0 Å². The van der Waals surface area contributed by atoms with Crippen molar-refractivity contribution >= 4 is 3.21 Å². The quantitative estimate of drug-likeness (QED) is 0.404. The van der Waals surface area contributed by atoms with Gasteiger partial charge in [0.2, 0.25) is 0 Å². The molecule has 3 heteroatoms. The molecule has 2 aromatic rings. The van der Waals surface area contributed by atoms with E-state index in [0.29, 0.717) is 5.41 Å². The summed E-state index contributed by atoms with van der Waals surface area (Å²) in [6.45, 7) is 10.9. The molecule has 2 aliphatic rings. The summed E-state index contributed by atoms with van der Waals surface area (Å²) in [5.41, 5.74) is 7.16. The molecule has 0 atom stereocenters. The van der Waals surface area contributed by atoms with Crippen LogP contribution in [0.3, 0.4) is 0 Å². The Kier molecular flexibility index (Phi) is 12.4. The van der Waals surface area contributed by atoms with Gasteiger partial charge in [-0.1, -0.05) is 56.2 Å². The first-order valence-electron chi connectivity index (χ1n) is 9.16. The fraction of sp³-hybridized carbons (Fsp3) is 0.320. The Morgan fingerprint density at radius 2 is 1.57 bits per heavy atom. The predicted molar refractivity (Wildman–Crippen MR) is 110 cm³/mol. The first kappa shape index (κ1) is 27.3. The second-order valence-corrected chi connectivity index (χ2v) is 10.3. The summed E-state index contributed by atoms with van der Waals surface area (Å²) in [5.74, 6) is 0. The average molecular weight is 491 g/mol. The molecule has 2 aliphatic carbocycles. The molecule has 0 unspecified atom stereocenters. The van der Waals surface area contributed by atoms with E-state index in [4.69, 9.17) is 0 Å². The number of halogens is 2. The number of hydrogen-bond donors (Lipinski definition) is 0. The normalized spacial score (nSPS) is 12.6. The van der Waals surface area contributed by atoms with Crippen molar-refractivity contribution in [1.29, 1.82) is 0 Å². The molecule has 0 aromatic heterocycles. The molecular weight excluding hydrogens is 462 g/mol. The minimum Gasteiger partial charge on any atom is -1.00 e. The van der Waals surface area contributed by atoms with Crippen molar-refractivity contribution in [2.75, 3.05) is 0 Å². The van der Waals surface area contributed by atoms with Gasteiger partial charge in [-0.15, -0.1) is 12.0 Å². The number of benzene rings is 2. The summed E-state index contributed by atoms with van der Waals surface area (Å²) in [5, 5.41) is 0. The third-order valence-electron chi connectivity index (χ3n) is 4.12.